The van der Waals surface area contributed by atoms with E-state index in [4.69, 9.17) is 10.5 Å². The van der Waals surface area contributed by atoms with Crippen molar-refractivity contribution in [3.05, 3.63) is 29.8 Å². The van der Waals surface area contributed by atoms with E-state index in [0.717, 1.165) is 18.6 Å². The van der Waals surface area contributed by atoms with Gasteiger partial charge < -0.3 is 10.5 Å². The van der Waals surface area contributed by atoms with Crippen molar-refractivity contribution in [3.63, 3.8) is 0 Å². The van der Waals surface area contributed by atoms with Crippen LogP contribution in [0.25, 0.3) is 0 Å². The molecule has 0 bridgehead atoms. The molecular formula is C15H23NO. The smallest absolute Gasteiger partial charge is 0.119 e. The molecule has 2 N–H and O–H groups in total. The summed E-state index contributed by atoms with van der Waals surface area (Å²) in [5.74, 6) is 0.990. The molecule has 2 rings (SSSR count). The van der Waals surface area contributed by atoms with Crippen molar-refractivity contribution in [1.82, 2.24) is 0 Å². The molecule has 1 aliphatic carbocycles. The summed E-state index contributed by atoms with van der Waals surface area (Å²) in [6.07, 6.45) is 7.64. The Morgan fingerprint density at radius 3 is 2.47 bits per heavy atom. The van der Waals surface area contributed by atoms with E-state index in [1.807, 2.05) is 0 Å². The van der Waals surface area contributed by atoms with Crippen molar-refractivity contribution in [2.75, 3.05) is 0 Å². The van der Waals surface area contributed by atoms with Crippen LogP contribution >= 0.6 is 0 Å². The summed E-state index contributed by atoms with van der Waals surface area (Å²) in [7, 11) is 0. The van der Waals surface area contributed by atoms with Gasteiger partial charge in [0.1, 0.15) is 5.75 Å². The average Bonchev–Trinajstić information content (AvgIpc) is 2.83. The van der Waals surface area contributed by atoms with Gasteiger partial charge in [-0.15, -0.1) is 0 Å². The Kier molecular flexibility index (Phi) is 4.43. The van der Waals surface area contributed by atoms with E-state index in [9.17, 15) is 0 Å². The molecule has 0 unspecified atom stereocenters. The highest BCUT2D eigenvalue weighted by Crippen LogP contribution is 2.25. The van der Waals surface area contributed by atoms with Gasteiger partial charge in [-0.3, -0.25) is 0 Å². The van der Waals surface area contributed by atoms with E-state index < -0.39 is 0 Å². The Balaban J connectivity index is 1.92. The quantitative estimate of drug-likeness (QED) is 0.839. The Bertz CT molecular complexity index is 327. The number of ether oxygens (including phenoxy) is 1. The number of rotatable bonds is 5. The maximum absolute atomic E-state index is 6.08. The number of hydrogen-bond acceptors (Lipinski definition) is 2. The summed E-state index contributed by atoms with van der Waals surface area (Å²) in [6.45, 7) is 2.16. The van der Waals surface area contributed by atoms with Crippen LogP contribution in [0.5, 0.6) is 5.75 Å². The maximum Gasteiger partial charge on any atom is 0.119 e. The van der Waals surface area contributed by atoms with Crippen molar-refractivity contribution in [1.29, 1.82) is 0 Å². The standard InChI is InChI=1S/C15H23NO/c1-2-5-15(16)12-8-10-14(11-9-12)17-13-6-3-4-7-13/h8-11,13,15H,2-7,16H2,1H3/t15-/m1/s1. The molecule has 1 saturated carbocycles. The van der Waals surface area contributed by atoms with Crippen LogP contribution < -0.4 is 10.5 Å². The number of hydrogen-bond donors (Lipinski definition) is 1. The lowest BCUT2D eigenvalue weighted by Gasteiger charge is -2.15. The Morgan fingerprint density at radius 1 is 1.24 bits per heavy atom. The molecule has 2 nitrogen and oxygen atoms in total. The summed E-state index contributed by atoms with van der Waals surface area (Å²) < 4.78 is 5.93. The van der Waals surface area contributed by atoms with Crippen LogP contribution in [-0.2, 0) is 0 Å². The molecule has 0 heterocycles. The van der Waals surface area contributed by atoms with Gasteiger partial charge in [-0.2, -0.15) is 0 Å². The summed E-state index contributed by atoms with van der Waals surface area (Å²) in [5, 5.41) is 0. The second-order valence-corrected chi connectivity index (χ2v) is 4.99. The molecular weight excluding hydrogens is 210 g/mol. The lowest BCUT2D eigenvalue weighted by atomic mass is 10.0. The third-order valence-corrected chi connectivity index (χ3v) is 3.51. The van der Waals surface area contributed by atoms with Crippen LogP contribution in [0, 0.1) is 0 Å². The van der Waals surface area contributed by atoms with Gasteiger partial charge in [-0.25, -0.2) is 0 Å². The predicted octanol–water partition coefficient (Wildman–Crippen LogP) is 3.81. The molecule has 2 heteroatoms. The van der Waals surface area contributed by atoms with Crippen molar-refractivity contribution in [2.45, 2.75) is 57.6 Å². The molecule has 0 radical (unpaired) electrons. The zero-order chi connectivity index (χ0) is 12.1. The molecule has 0 aromatic heterocycles. The number of benzene rings is 1. The molecule has 1 fully saturated rings. The van der Waals surface area contributed by atoms with Gasteiger partial charge in [0, 0.05) is 6.04 Å². The fraction of sp³-hybridized carbons (Fsp3) is 0.600. The minimum atomic E-state index is 0.167. The summed E-state index contributed by atoms with van der Waals surface area (Å²) in [6, 6.07) is 8.49. The fourth-order valence-corrected chi connectivity index (χ4v) is 2.47. The van der Waals surface area contributed by atoms with E-state index in [0.29, 0.717) is 6.10 Å². The van der Waals surface area contributed by atoms with Crippen LogP contribution in [-0.4, -0.2) is 6.10 Å². The zero-order valence-electron chi connectivity index (χ0n) is 10.7. The van der Waals surface area contributed by atoms with Crippen LogP contribution in [0.4, 0.5) is 0 Å². The van der Waals surface area contributed by atoms with Gasteiger partial charge in [-0.05, 0) is 49.8 Å². The normalized spacial score (nSPS) is 18.2. The summed E-state index contributed by atoms with van der Waals surface area (Å²) in [5.41, 5.74) is 7.29. The number of nitrogens with two attached hydrogens (primary N) is 1. The molecule has 0 spiro atoms. The van der Waals surface area contributed by atoms with Crippen LogP contribution in [0.3, 0.4) is 0 Å². The molecule has 0 amide bonds. The third kappa shape index (κ3) is 3.47. The average molecular weight is 233 g/mol. The minimum Gasteiger partial charge on any atom is -0.490 e. The van der Waals surface area contributed by atoms with Gasteiger partial charge in [-0.1, -0.05) is 25.5 Å². The first-order valence-electron chi connectivity index (χ1n) is 6.82. The van der Waals surface area contributed by atoms with Gasteiger partial charge in [0.2, 0.25) is 0 Å². The van der Waals surface area contributed by atoms with E-state index in [1.54, 1.807) is 0 Å². The van der Waals surface area contributed by atoms with Crippen LogP contribution in [0.2, 0.25) is 0 Å². The monoisotopic (exact) mass is 233 g/mol. The molecule has 0 aliphatic heterocycles. The second kappa shape index (κ2) is 6.06. The third-order valence-electron chi connectivity index (χ3n) is 3.51. The molecule has 0 saturated heterocycles. The van der Waals surface area contributed by atoms with E-state index in [2.05, 4.69) is 31.2 Å². The van der Waals surface area contributed by atoms with E-state index >= 15 is 0 Å². The largest absolute Gasteiger partial charge is 0.490 e. The van der Waals surface area contributed by atoms with Gasteiger partial charge in [0.15, 0.2) is 0 Å². The van der Waals surface area contributed by atoms with Crippen LogP contribution in [0.15, 0.2) is 24.3 Å². The minimum absolute atomic E-state index is 0.167. The van der Waals surface area contributed by atoms with Gasteiger partial charge in [0.05, 0.1) is 6.10 Å². The molecule has 1 aromatic rings. The second-order valence-electron chi connectivity index (χ2n) is 4.99. The topological polar surface area (TPSA) is 35.2 Å². The predicted molar refractivity (Wildman–Crippen MR) is 71.2 cm³/mol. The molecule has 1 aromatic carbocycles. The van der Waals surface area contributed by atoms with Gasteiger partial charge >= 0.3 is 0 Å². The maximum atomic E-state index is 6.08. The zero-order valence-corrected chi connectivity index (χ0v) is 10.7. The van der Waals surface area contributed by atoms with Crippen molar-refractivity contribution >= 4 is 0 Å². The first-order valence-corrected chi connectivity index (χ1v) is 6.82. The Morgan fingerprint density at radius 2 is 1.88 bits per heavy atom. The fourth-order valence-electron chi connectivity index (χ4n) is 2.47. The first-order chi connectivity index (χ1) is 8.29. The van der Waals surface area contributed by atoms with Gasteiger partial charge in [0.25, 0.3) is 0 Å². The van der Waals surface area contributed by atoms with Crippen molar-refractivity contribution < 1.29 is 4.74 Å². The highest BCUT2D eigenvalue weighted by molar-refractivity contribution is 5.29. The highest BCUT2D eigenvalue weighted by atomic mass is 16.5. The SMILES string of the molecule is CCC[C@@H](N)c1ccc(OC2CCCC2)cc1. The summed E-state index contributed by atoms with van der Waals surface area (Å²) >= 11 is 0. The molecule has 94 valence electrons. The first kappa shape index (κ1) is 12.4. The van der Waals surface area contributed by atoms with Crippen molar-refractivity contribution in [2.24, 2.45) is 5.73 Å². The summed E-state index contributed by atoms with van der Waals surface area (Å²) in [4.78, 5) is 0. The van der Waals surface area contributed by atoms with E-state index in [-0.39, 0.29) is 6.04 Å². The molecule has 1 atom stereocenters. The van der Waals surface area contributed by atoms with Crippen LogP contribution in [0.1, 0.15) is 57.1 Å². The van der Waals surface area contributed by atoms with E-state index in [1.165, 1.54) is 31.2 Å². The Hall–Kier alpha value is -1.02. The highest BCUT2D eigenvalue weighted by Gasteiger charge is 2.16. The molecule has 1 aliphatic rings. The van der Waals surface area contributed by atoms with Crippen molar-refractivity contribution in [3.8, 4) is 5.75 Å². The Labute approximate surface area is 104 Å². The molecule has 17 heavy (non-hydrogen) atoms. The lowest BCUT2D eigenvalue weighted by Crippen LogP contribution is -2.12. The lowest BCUT2D eigenvalue weighted by molar-refractivity contribution is 0.210.